The van der Waals surface area contributed by atoms with E-state index in [4.69, 9.17) is 9.15 Å². The zero-order valence-electron chi connectivity index (χ0n) is 15.2. The Balaban J connectivity index is 1.55. The Hall–Kier alpha value is -2.46. The largest absolute Gasteiger partial charge is 0.496 e. The quantitative estimate of drug-likeness (QED) is 0.778. The summed E-state index contributed by atoms with van der Waals surface area (Å²) in [5.41, 5.74) is 0.679. The maximum atomic E-state index is 12.3. The minimum atomic E-state index is -3.20. The number of piperidine rings is 1. The molecular formula is C17H22N4O5S. The van der Waals surface area contributed by atoms with Crippen LogP contribution in [0.2, 0.25) is 0 Å². The van der Waals surface area contributed by atoms with Crippen LogP contribution in [0, 0.1) is 5.92 Å². The fraction of sp³-hybridized carbons (Fsp3) is 0.471. The van der Waals surface area contributed by atoms with Crippen LogP contribution in [0.4, 0.5) is 0 Å². The molecule has 27 heavy (non-hydrogen) atoms. The molecule has 10 heteroatoms. The molecule has 2 heterocycles. The van der Waals surface area contributed by atoms with Crippen LogP contribution in [-0.2, 0) is 21.4 Å². The summed E-state index contributed by atoms with van der Waals surface area (Å²) in [5, 5.41) is 10.7. The van der Waals surface area contributed by atoms with Crippen molar-refractivity contribution in [2.45, 2.75) is 19.4 Å². The van der Waals surface area contributed by atoms with E-state index < -0.39 is 10.0 Å². The first-order valence-electron chi connectivity index (χ1n) is 8.57. The summed E-state index contributed by atoms with van der Waals surface area (Å²) in [6, 6.07) is 7.29. The summed E-state index contributed by atoms with van der Waals surface area (Å²) in [6.07, 6.45) is 2.17. The van der Waals surface area contributed by atoms with Gasteiger partial charge in [0.05, 0.1) is 25.5 Å². The predicted octanol–water partition coefficient (Wildman–Crippen LogP) is 1.03. The lowest BCUT2D eigenvalue weighted by Gasteiger charge is -2.29. The van der Waals surface area contributed by atoms with Crippen molar-refractivity contribution in [3.8, 4) is 17.2 Å². The number of benzene rings is 1. The van der Waals surface area contributed by atoms with Crippen molar-refractivity contribution in [3.63, 3.8) is 0 Å². The summed E-state index contributed by atoms with van der Waals surface area (Å²) >= 11 is 0. The molecule has 146 valence electrons. The van der Waals surface area contributed by atoms with Crippen molar-refractivity contribution in [3.05, 3.63) is 30.2 Å². The van der Waals surface area contributed by atoms with E-state index in [1.54, 1.807) is 13.2 Å². The van der Waals surface area contributed by atoms with Gasteiger partial charge in [0.25, 0.3) is 5.89 Å². The summed E-state index contributed by atoms with van der Waals surface area (Å²) in [5.74, 6) is 0.866. The maximum Gasteiger partial charge on any atom is 0.251 e. The SMILES string of the molecule is COc1ccccc1-c1nnc(CNC(=O)C2CCN(S(C)(=O)=O)CC2)o1. The number of nitrogens with zero attached hydrogens (tertiary/aromatic N) is 3. The molecule has 0 bridgehead atoms. The Labute approximate surface area is 157 Å². The number of carbonyl (C=O) groups excluding carboxylic acids is 1. The highest BCUT2D eigenvalue weighted by atomic mass is 32.2. The van der Waals surface area contributed by atoms with Crippen LogP contribution in [0.1, 0.15) is 18.7 Å². The zero-order chi connectivity index (χ0) is 19.4. The number of amides is 1. The highest BCUT2D eigenvalue weighted by molar-refractivity contribution is 7.88. The second kappa shape index (κ2) is 8.05. The van der Waals surface area contributed by atoms with Gasteiger partial charge in [-0.05, 0) is 25.0 Å². The van der Waals surface area contributed by atoms with Gasteiger partial charge in [0, 0.05) is 19.0 Å². The maximum absolute atomic E-state index is 12.3. The number of hydrogen-bond donors (Lipinski definition) is 1. The second-order valence-electron chi connectivity index (χ2n) is 6.36. The van der Waals surface area contributed by atoms with Crippen LogP contribution in [0.25, 0.3) is 11.5 Å². The third-order valence-electron chi connectivity index (χ3n) is 4.51. The van der Waals surface area contributed by atoms with Crippen LogP contribution in [0.5, 0.6) is 5.75 Å². The highest BCUT2D eigenvalue weighted by Gasteiger charge is 2.29. The third kappa shape index (κ3) is 4.64. The molecule has 0 unspecified atom stereocenters. The van der Waals surface area contributed by atoms with E-state index in [1.807, 2.05) is 18.2 Å². The van der Waals surface area contributed by atoms with E-state index in [0.717, 1.165) is 0 Å². The van der Waals surface area contributed by atoms with Gasteiger partial charge < -0.3 is 14.5 Å². The molecule has 0 atom stereocenters. The van der Waals surface area contributed by atoms with Gasteiger partial charge in [0.2, 0.25) is 21.8 Å². The first kappa shape index (κ1) is 19.3. The van der Waals surface area contributed by atoms with Crippen molar-refractivity contribution >= 4 is 15.9 Å². The molecule has 0 spiro atoms. The molecule has 1 N–H and O–H groups in total. The predicted molar refractivity (Wildman–Crippen MR) is 97.3 cm³/mol. The number of methoxy groups -OCH3 is 1. The number of hydrogen-bond acceptors (Lipinski definition) is 7. The number of nitrogens with one attached hydrogen (secondary N) is 1. The van der Waals surface area contributed by atoms with Crippen LogP contribution >= 0.6 is 0 Å². The number of para-hydroxylation sites is 1. The molecule has 3 rings (SSSR count). The minimum Gasteiger partial charge on any atom is -0.496 e. The van der Waals surface area contributed by atoms with Gasteiger partial charge in [-0.3, -0.25) is 4.79 Å². The number of carbonyl (C=O) groups is 1. The van der Waals surface area contributed by atoms with Gasteiger partial charge in [0.1, 0.15) is 5.75 Å². The van der Waals surface area contributed by atoms with Crippen LogP contribution in [0.3, 0.4) is 0 Å². The van der Waals surface area contributed by atoms with Crippen LogP contribution in [0.15, 0.2) is 28.7 Å². The minimum absolute atomic E-state index is 0.118. The van der Waals surface area contributed by atoms with Crippen molar-refractivity contribution in [2.75, 3.05) is 26.5 Å². The lowest BCUT2D eigenvalue weighted by Crippen LogP contribution is -2.42. The number of aromatic nitrogens is 2. The summed E-state index contributed by atoms with van der Waals surface area (Å²) in [6.45, 7) is 0.831. The standard InChI is InChI=1S/C17H22N4O5S/c1-25-14-6-4-3-5-13(14)17-20-19-15(26-17)11-18-16(22)12-7-9-21(10-8-12)27(2,23)24/h3-6,12H,7-11H2,1-2H3,(H,18,22). The highest BCUT2D eigenvalue weighted by Crippen LogP contribution is 2.28. The number of ether oxygens (including phenoxy) is 1. The Kier molecular flexibility index (Phi) is 5.76. The lowest BCUT2D eigenvalue weighted by molar-refractivity contribution is -0.126. The lowest BCUT2D eigenvalue weighted by atomic mass is 9.97. The van der Waals surface area contributed by atoms with Gasteiger partial charge in [-0.1, -0.05) is 12.1 Å². The van der Waals surface area contributed by atoms with Crippen molar-refractivity contribution in [1.82, 2.24) is 19.8 Å². The molecule has 1 amide bonds. The Morgan fingerprint density at radius 2 is 2.00 bits per heavy atom. The molecule has 0 saturated carbocycles. The molecule has 1 fully saturated rings. The van der Waals surface area contributed by atoms with Crippen molar-refractivity contribution < 1.29 is 22.4 Å². The molecule has 1 saturated heterocycles. The Bertz CT molecular complexity index is 904. The van der Waals surface area contributed by atoms with E-state index >= 15 is 0 Å². The van der Waals surface area contributed by atoms with Gasteiger partial charge in [0.15, 0.2) is 0 Å². The van der Waals surface area contributed by atoms with E-state index in [2.05, 4.69) is 15.5 Å². The number of rotatable bonds is 6. The zero-order valence-corrected chi connectivity index (χ0v) is 16.0. The monoisotopic (exact) mass is 394 g/mol. The van der Waals surface area contributed by atoms with Crippen molar-refractivity contribution in [1.29, 1.82) is 0 Å². The van der Waals surface area contributed by atoms with Gasteiger partial charge >= 0.3 is 0 Å². The summed E-state index contributed by atoms with van der Waals surface area (Å²) < 4.78 is 35.3. The molecule has 2 aromatic rings. The van der Waals surface area contributed by atoms with Crippen LogP contribution < -0.4 is 10.1 Å². The molecule has 0 aliphatic carbocycles. The summed E-state index contributed by atoms with van der Waals surface area (Å²) in [4.78, 5) is 12.3. The van der Waals surface area contributed by atoms with Gasteiger partial charge in [-0.2, -0.15) is 0 Å². The first-order chi connectivity index (χ1) is 12.9. The second-order valence-corrected chi connectivity index (χ2v) is 8.34. The molecule has 0 radical (unpaired) electrons. The van der Waals surface area contributed by atoms with Gasteiger partial charge in [-0.15, -0.1) is 10.2 Å². The molecular weight excluding hydrogens is 372 g/mol. The topological polar surface area (TPSA) is 115 Å². The van der Waals surface area contributed by atoms with E-state index in [1.165, 1.54) is 10.6 Å². The van der Waals surface area contributed by atoms with Crippen LogP contribution in [-0.4, -0.2) is 55.3 Å². The molecule has 1 aromatic carbocycles. The van der Waals surface area contributed by atoms with E-state index in [9.17, 15) is 13.2 Å². The fourth-order valence-electron chi connectivity index (χ4n) is 3.01. The Morgan fingerprint density at radius 1 is 1.30 bits per heavy atom. The van der Waals surface area contributed by atoms with E-state index in [-0.39, 0.29) is 24.3 Å². The molecule has 9 nitrogen and oxygen atoms in total. The molecule has 1 aromatic heterocycles. The summed E-state index contributed by atoms with van der Waals surface area (Å²) in [7, 11) is -1.64. The Morgan fingerprint density at radius 3 is 2.67 bits per heavy atom. The smallest absolute Gasteiger partial charge is 0.251 e. The fourth-order valence-corrected chi connectivity index (χ4v) is 3.89. The number of sulfonamides is 1. The van der Waals surface area contributed by atoms with Crippen molar-refractivity contribution in [2.24, 2.45) is 5.92 Å². The molecule has 1 aliphatic heterocycles. The first-order valence-corrected chi connectivity index (χ1v) is 10.4. The van der Waals surface area contributed by atoms with Gasteiger partial charge in [-0.25, -0.2) is 12.7 Å². The average Bonchev–Trinajstić information content (AvgIpc) is 3.14. The normalized spacial score (nSPS) is 16.2. The molecule has 1 aliphatic rings. The average molecular weight is 394 g/mol. The van der Waals surface area contributed by atoms with E-state index in [0.29, 0.717) is 43.1 Å². The third-order valence-corrected chi connectivity index (χ3v) is 5.81.